The van der Waals surface area contributed by atoms with Crippen LogP contribution >= 0.6 is 0 Å². The summed E-state index contributed by atoms with van der Waals surface area (Å²) in [6.07, 6.45) is 0.807. The van der Waals surface area contributed by atoms with Crippen LogP contribution in [0.2, 0.25) is 0 Å². The number of nitrogens with two attached hydrogens (primary N) is 1. The highest BCUT2D eigenvalue weighted by Crippen LogP contribution is 2.34. The molecule has 0 aliphatic heterocycles. The number of rotatable bonds is 7. The largest absolute Gasteiger partial charge is 0.496 e. The molecular weight excluding hydrogens is 346 g/mol. The molecule has 3 aromatic carbocycles. The first kappa shape index (κ1) is 20.0. The molecule has 0 saturated carbocycles. The maximum Gasteiger partial charge on any atom is 0.121 e. The zero-order valence-corrected chi connectivity index (χ0v) is 17.1. The lowest BCUT2D eigenvalue weighted by Gasteiger charge is -2.26. The molecule has 146 valence electrons. The van der Waals surface area contributed by atoms with Gasteiger partial charge in [0.2, 0.25) is 0 Å². The van der Waals surface area contributed by atoms with Gasteiger partial charge in [-0.15, -0.1) is 0 Å². The maximum absolute atomic E-state index is 6.79. The number of hydrogen-bond acceptors (Lipinski definition) is 3. The van der Waals surface area contributed by atoms with E-state index in [0.717, 1.165) is 29.0 Å². The summed E-state index contributed by atoms with van der Waals surface area (Å²) in [6, 6.07) is 23.1. The van der Waals surface area contributed by atoms with Crippen molar-refractivity contribution >= 4 is 0 Å². The Hall–Kier alpha value is -2.78. The third-order valence-electron chi connectivity index (χ3n) is 5.30. The van der Waals surface area contributed by atoms with Crippen LogP contribution in [0.1, 0.15) is 33.7 Å². The van der Waals surface area contributed by atoms with Crippen molar-refractivity contribution in [2.24, 2.45) is 5.73 Å². The van der Waals surface area contributed by atoms with Crippen molar-refractivity contribution in [3.63, 3.8) is 0 Å². The molecule has 3 heteroatoms. The van der Waals surface area contributed by atoms with Gasteiger partial charge in [-0.3, -0.25) is 0 Å². The predicted octanol–water partition coefficient (Wildman–Crippen LogP) is 5.02. The minimum atomic E-state index is -0.0528. The molecule has 0 amide bonds. The van der Waals surface area contributed by atoms with Gasteiger partial charge in [0.15, 0.2) is 0 Å². The highest BCUT2D eigenvalue weighted by atomic mass is 16.5. The molecule has 0 fully saturated rings. The Morgan fingerprint density at radius 3 is 1.68 bits per heavy atom. The number of aryl methyl sites for hydroxylation is 2. The van der Waals surface area contributed by atoms with E-state index in [0.29, 0.717) is 0 Å². The summed E-state index contributed by atoms with van der Waals surface area (Å²) in [5, 5.41) is 0. The lowest BCUT2D eigenvalue weighted by atomic mass is 9.81. The topological polar surface area (TPSA) is 44.5 Å². The van der Waals surface area contributed by atoms with E-state index in [9.17, 15) is 0 Å². The first-order valence-corrected chi connectivity index (χ1v) is 9.62. The second kappa shape index (κ2) is 8.94. The number of ether oxygens (including phenoxy) is 2. The molecule has 0 saturated heterocycles. The average molecular weight is 376 g/mol. The number of benzene rings is 3. The lowest BCUT2D eigenvalue weighted by molar-refractivity contribution is 0.411. The second-order valence-corrected chi connectivity index (χ2v) is 7.29. The zero-order chi connectivity index (χ0) is 20.1. The van der Waals surface area contributed by atoms with Crippen molar-refractivity contribution in [2.75, 3.05) is 14.2 Å². The number of hydrogen-bond donors (Lipinski definition) is 1. The van der Waals surface area contributed by atoms with Crippen molar-refractivity contribution in [3.8, 4) is 11.5 Å². The molecule has 1 unspecified atom stereocenters. The van der Waals surface area contributed by atoms with Crippen molar-refractivity contribution in [3.05, 3.63) is 94.5 Å². The van der Waals surface area contributed by atoms with Crippen molar-refractivity contribution in [2.45, 2.75) is 32.2 Å². The Bertz CT molecular complexity index is 868. The molecule has 28 heavy (non-hydrogen) atoms. The van der Waals surface area contributed by atoms with Gasteiger partial charge in [0.25, 0.3) is 0 Å². The van der Waals surface area contributed by atoms with Gasteiger partial charge in [0.1, 0.15) is 11.5 Å². The average Bonchev–Trinajstić information content (AvgIpc) is 2.69. The van der Waals surface area contributed by atoms with Gasteiger partial charge < -0.3 is 15.2 Å². The van der Waals surface area contributed by atoms with E-state index in [2.05, 4.69) is 62.4 Å². The third kappa shape index (κ3) is 4.37. The molecule has 0 bridgehead atoms. The van der Waals surface area contributed by atoms with Crippen molar-refractivity contribution in [1.82, 2.24) is 0 Å². The van der Waals surface area contributed by atoms with E-state index < -0.39 is 0 Å². The molecule has 0 radical (unpaired) electrons. The van der Waals surface area contributed by atoms with Gasteiger partial charge in [0.05, 0.1) is 14.2 Å². The lowest BCUT2D eigenvalue weighted by Crippen LogP contribution is -2.31. The molecule has 0 spiro atoms. The Morgan fingerprint density at radius 1 is 0.750 bits per heavy atom. The zero-order valence-electron chi connectivity index (χ0n) is 17.1. The smallest absolute Gasteiger partial charge is 0.121 e. The van der Waals surface area contributed by atoms with Gasteiger partial charge in [-0.2, -0.15) is 0 Å². The van der Waals surface area contributed by atoms with Gasteiger partial charge >= 0.3 is 0 Å². The fraction of sp³-hybridized carbons (Fsp3) is 0.280. The quantitative estimate of drug-likeness (QED) is 0.630. The van der Waals surface area contributed by atoms with Gasteiger partial charge in [-0.25, -0.2) is 0 Å². The predicted molar refractivity (Wildman–Crippen MR) is 115 cm³/mol. The fourth-order valence-corrected chi connectivity index (χ4v) is 3.88. The van der Waals surface area contributed by atoms with Crippen LogP contribution in [0.3, 0.4) is 0 Å². The Labute approximate surface area is 168 Å². The standard InChI is InChI=1S/C25H29NO2/c1-17-14-20(10-12-23(17)27-3)25(21-11-13-24(28-4)18(2)15-21)22(26)16-19-8-6-5-7-9-19/h5-15,22,25H,16,26H2,1-4H3. The number of methoxy groups -OCH3 is 2. The van der Waals surface area contributed by atoms with E-state index >= 15 is 0 Å². The Kier molecular flexibility index (Phi) is 6.37. The van der Waals surface area contributed by atoms with Crippen LogP contribution in [0.25, 0.3) is 0 Å². The molecule has 3 rings (SSSR count). The van der Waals surface area contributed by atoms with Crippen LogP contribution in [0.15, 0.2) is 66.7 Å². The van der Waals surface area contributed by atoms with Crippen LogP contribution < -0.4 is 15.2 Å². The molecule has 3 nitrogen and oxygen atoms in total. The summed E-state index contributed by atoms with van der Waals surface area (Å²) in [4.78, 5) is 0. The van der Waals surface area contributed by atoms with E-state index in [-0.39, 0.29) is 12.0 Å². The second-order valence-electron chi connectivity index (χ2n) is 7.29. The highest BCUT2D eigenvalue weighted by Gasteiger charge is 2.23. The summed E-state index contributed by atoms with van der Waals surface area (Å²) in [5.41, 5.74) is 12.7. The monoisotopic (exact) mass is 375 g/mol. The molecule has 0 aromatic heterocycles. The first-order chi connectivity index (χ1) is 13.5. The first-order valence-electron chi connectivity index (χ1n) is 9.62. The third-order valence-corrected chi connectivity index (χ3v) is 5.30. The van der Waals surface area contributed by atoms with Crippen LogP contribution in [0.5, 0.6) is 11.5 Å². The molecule has 2 N–H and O–H groups in total. The highest BCUT2D eigenvalue weighted by molar-refractivity contribution is 5.45. The normalized spacial score (nSPS) is 12.1. The molecule has 0 heterocycles. The SMILES string of the molecule is COc1ccc(C(c2ccc(OC)c(C)c2)C(N)Cc2ccccc2)cc1C. The molecule has 1 atom stereocenters. The van der Waals surface area contributed by atoms with Crippen LogP contribution in [-0.4, -0.2) is 20.3 Å². The van der Waals surface area contributed by atoms with E-state index in [1.807, 2.05) is 18.2 Å². The minimum absolute atomic E-state index is 0.0528. The summed E-state index contributed by atoms with van der Waals surface area (Å²) in [5.74, 6) is 1.87. The van der Waals surface area contributed by atoms with Crippen LogP contribution in [-0.2, 0) is 6.42 Å². The van der Waals surface area contributed by atoms with E-state index in [1.54, 1.807) is 14.2 Å². The minimum Gasteiger partial charge on any atom is -0.496 e. The van der Waals surface area contributed by atoms with Crippen LogP contribution in [0.4, 0.5) is 0 Å². The maximum atomic E-state index is 6.79. The Balaban J connectivity index is 2.02. The van der Waals surface area contributed by atoms with Crippen molar-refractivity contribution in [1.29, 1.82) is 0 Å². The van der Waals surface area contributed by atoms with E-state index in [1.165, 1.54) is 16.7 Å². The van der Waals surface area contributed by atoms with E-state index in [4.69, 9.17) is 15.2 Å². The molecular formula is C25H29NO2. The summed E-state index contributed by atoms with van der Waals surface area (Å²) in [6.45, 7) is 4.14. The summed E-state index contributed by atoms with van der Waals surface area (Å²) in [7, 11) is 3.40. The molecule has 0 aliphatic rings. The molecule has 3 aromatic rings. The van der Waals surface area contributed by atoms with Gasteiger partial charge in [-0.05, 0) is 60.2 Å². The van der Waals surface area contributed by atoms with Crippen LogP contribution in [0, 0.1) is 13.8 Å². The van der Waals surface area contributed by atoms with Gasteiger partial charge in [0, 0.05) is 12.0 Å². The Morgan fingerprint density at radius 2 is 1.25 bits per heavy atom. The van der Waals surface area contributed by atoms with Gasteiger partial charge in [-0.1, -0.05) is 54.6 Å². The summed E-state index contributed by atoms with van der Waals surface area (Å²) < 4.78 is 10.9. The molecule has 0 aliphatic carbocycles. The summed E-state index contributed by atoms with van der Waals surface area (Å²) >= 11 is 0. The fourth-order valence-electron chi connectivity index (χ4n) is 3.88. The van der Waals surface area contributed by atoms with Crippen molar-refractivity contribution < 1.29 is 9.47 Å².